The van der Waals surface area contributed by atoms with Gasteiger partial charge in [0.25, 0.3) is 5.91 Å². The molecule has 136 valence electrons. The highest BCUT2D eigenvalue weighted by Crippen LogP contribution is 2.35. The van der Waals surface area contributed by atoms with E-state index in [4.69, 9.17) is 4.74 Å². The third kappa shape index (κ3) is 3.17. The van der Waals surface area contributed by atoms with E-state index >= 15 is 0 Å². The number of anilines is 1. The molecule has 0 aliphatic heterocycles. The van der Waals surface area contributed by atoms with Gasteiger partial charge in [0.1, 0.15) is 22.1 Å². The molecule has 0 fully saturated rings. The molecule has 27 heavy (non-hydrogen) atoms. The van der Waals surface area contributed by atoms with Crippen molar-refractivity contribution in [2.75, 3.05) is 12.4 Å². The van der Waals surface area contributed by atoms with Crippen molar-refractivity contribution in [1.82, 2.24) is 9.78 Å². The minimum absolute atomic E-state index is 0.232. The summed E-state index contributed by atoms with van der Waals surface area (Å²) in [6.45, 7) is 0. The molecule has 1 N–H and O–H groups in total. The molecule has 0 saturated carbocycles. The fourth-order valence-corrected chi connectivity index (χ4v) is 3.87. The zero-order valence-electron chi connectivity index (χ0n) is 14.7. The number of carbonyl (C=O) groups is 1. The second-order valence-electron chi connectivity index (χ2n) is 5.97. The molecule has 0 atom stereocenters. The van der Waals surface area contributed by atoms with Crippen molar-refractivity contribution >= 4 is 33.1 Å². The number of ether oxygens (including phenoxy) is 1. The lowest BCUT2D eigenvalue weighted by atomic mass is 10.1. The van der Waals surface area contributed by atoms with Gasteiger partial charge in [0.2, 0.25) is 0 Å². The van der Waals surface area contributed by atoms with Gasteiger partial charge < -0.3 is 10.1 Å². The van der Waals surface area contributed by atoms with Crippen LogP contribution in [0, 0.1) is 5.82 Å². The molecule has 0 radical (unpaired) electrons. The molecule has 0 aliphatic carbocycles. The number of amides is 1. The zero-order valence-corrected chi connectivity index (χ0v) is 15.5. The molecule has 5 nitrogen and oxygen atoms in total. The number of halogens is 1. The Morgan fingerprint density at radius 2 is 2.00 bits per heavy atom. The SMILES string of the molecule is COc1cccc(NC(=O)c2cc3c(-c4ccccc4F)nn(C)c3s2)c1. The van der Waals surface area contributed by atoms with E-state index < -0.39 is 0 Å². The average molecular weight is 381 g/mol. The largest absolute Gasteiger partial charge is 0.497 e. The minimum atomic E-state index is -0.342. The molecule has 1 amide bonds. The number of nitrogens with zero attached hydrogens (tertiary/aromatic N) is 2. The van der Waals surface area contributed by atoms with Crippen LogP contribution in [0.5, 0.6) is 5.75 Å². The van der Waals surface area contributed by atoms with Crippen molar-refractivity contribution in [1.29, 1.82) is 0 Å². The predicted molar refractivity (Wildman–Crippen MR) is 105 cm³/mol. The maximum Gasteiger partial charge on any atom is 0.265 e. The summed E-state index contributed by atoms with van der Waals surface area (Å²) in [6.07, 6.45) is 0. The van der Waals surface area contributed by atoms with E-state index in [9.17, 15) is 9.18 Å². The van der Waals surface area contributed by atoms with Crippen molar-refractivity contribution in [3.63, 3.8) is 0 Å². The quantitative estimate of drug-likeness (QED) is 0.557. The first-order valence-electron chi connectivity index (χ1n) is 8.23. The summed E-state index contributed by atoms with van der Waals surface area (Å²) >= 11 is 1.32. The number of hydrogen-bond acceptors (Lipinski definition) is 4. The third-order valence-electron chi connectivity index (χ3n) is 4.19. The van der Waals surface area contributed by atoms with Crippen molar-refractivity contribution < 1.29 is 13.9 Å². The Labute approximate surface area is 159 Å². The molecule has 0 aliphatic rings. The minimum Gasteiger partial charge on any atom is -0.497 e. The van der Waals surface area contributed by atoms with E-state index in [0.717, 1.165) is 10.2 Å². The van der Waals surface area contributed by atoms with Crippen LogP contribution < -0.4 is 10.1 Å². The highest BCUT2D eigenvalue weighted by molar-refractivity contribution is 7.20. The topological polar surface area (TPSA) is 56.1 Å². The normalized spacial score (nSPS) is 10.9. The summed E-state index contributed by atoms with van der Waals surface area (Å²) in [5, 5.41) is 8.04. The summed E-state index contributed by atoms with van der Waals surface area (Å²) < 4.78 is 21.0. The number of fused-ring (bicyclic) bond motifs is 1. The van der Waals surface area contributed by atoms with Crippen LogP contribution in [0.3, 0.4) is 0 Å². The Kier molecular flexibility index (Phi) is 4.37. The number of aromatic nitrogens is 2. The number of carbonyl (C=O) groups excluding carboxylic acids is 1. The monoisotopic (exact) mass is 381 g/mol. The Morgan fingerprint density at radius 1 is 1.19 bits per heavy atom. The van der Waals surface area contributed by atoms with Gasteiger partial charge in [-0.25, -0.2) is 4.39 Å². The van der Waals surface area contributed by atoms with Crippen molar-refractivity contribution in [3.05, 3.63) is 65.3 Å². The second-order valence-corrected chi connectivity index (χ2v) is 7.00. The van der Waals surface area contributed by atoms with Crippen molar-refractivity contribution in [3.8, 4) is 17.0 Å². The van der Waals surface area contributed by atoms with Crippen LogP contribution in [0.25, 0.3) is 21.5 Å². The Hall–Kier alpha value is -3.19. The second kappa shape index (κ2) is 6.85. The van der Waals surface area contributed by atoms with Gasteiger partial charge in [-0.3, -0.25) is 9.48 Å². The van der Waals surface area contributed by atoms with Crippen LogP contribution in [0.15, 0.2) is 54.6 Å². The van der Waals surface area contributed by atoms with Crippen LogP contribution in [-0.2, 0) is 7.05 Å². The van der Waals surface area contributed by atoms with E-state index in [2.05, 4.69) is 10.4 Å². The van der Waals surface area contributed by atoms with Gasteiger partial charge in [-0.15, -0.1) is 11.3 Å². The van der Waals surface area contributed by atoms with Crippen LogP contribution in [0.4, 0.5) is 10.1 Å². The van der Waals surface area contributed by atoms with Gasteiger partial charge in [-0.2, -0.15) is 5.10 Å². The molecular weight excluding hydrogens is 365 g/mol. The molecule has 7 heteroatoms. The summed E-state index contributed by atoms with van der Waals surface area (Å²) in [7, 11) is 3.36. The summed E-state index contributed by atoms with van der Waals surface area (Å²) in [6, 6.07) is 15.4. The Balaban J connectivity index is 1.70. The van der Waals surface area contributed by atoms with Gasteiger partial charge in [-0.1, -0.05) is 18.2 Å². The van der Waals surface area contributed by atoms with Crippen LogP contribution >= 0.6 is 11.3 Å². The van der Waals surface area contributed by atoms with E-state index in [0.29, 0.717) is 27.6 Å². The fourth-order valence-electron chi connectivity index (χ4n) is 2.90. The first-order valence-corrected chi connectivity index (χ1v) is 9.05. The van der Waals surface area contributed by atoms with Gasteiger partial charge in [0.15, 0.2) is 0 Å². The summed E-state index contributed by atoms with van der Waals surface area (Å²) in [4.78, 5) is 14.0. The highest BCUT2D eigenvalue weighted by atomic mass is 32.1. The van der Waals surface area contributed by atoms with Crippen LogP contribution in [-0.4, -0.2) is 22.8 Å². The van der Waals surface area contributed by atoms with Gasteiger partial charge in [-0.05, 0) is 30.3 Å². The first-order chi connectivity index (χ1) is 13.1. The average Bonchev–Trinajstić information content (AvgIpc) is 3.23. The molecule has 0 bridgehead atoms. The molecule has 0 unspecified atom stereocenters. The van der Waals surface area contributed by atoms with E-state index in [-0.39, 0.29) is 11.7 Å². The summed E-state index contributed by atoms with van der Waals surface area (Å²) in [5.41, 5.74) is 1.59. The van der Waals surface area contributed by atoms with Crippen molar-refractivity contribution in [2.24, 2.45) is 7.05 Å². The summed E-state index contributed by atoms with van der Waals surface area (Å²) in [5.74, 6) is 0.0881. The van der Waals surface area contributed by atoms with E-state index in [1.54, 1.807) is 67.4 Å². The number of thiophene rings is 1. The number of aryl methyl sites for hydroxylation is 1. The first kappa shape index (κ1) is 17.2. The van der Waals surface area contributed by atoms with Crippen molar-refractivity contribution in [2.45, 2.75) is 0 Å². The number of benzene rings is 2. The maximum atomic E-state index is 14.2. The molecule has 4 aromatic rings. The number of methoxy groups -OCH3 is 1. The standard InChI is InChI=1S/C20H16FN3O2S/c1-24-20-15(18(23-24)14-8-3-4-9-16(14)21)11-17(27-20)19(25)22-12-6-5-7-13(10-12)26-2/h3-11H,1-2H3,(H,22,25). The molecule has 2 heterocycles. The fraction of sp³-hybridized carbons (Fsp3) is 0.100. The number of rotatable bonds is 4. The Bertz CT molecular complexity index is 1150. The lowest BCUT2D eigenvalue weighted by Crippen LogP contribution is -2.10. The Morgan fingerprint density at radius 3 is 2.78 bits per heavy atom. The lowest BCUT2D eigenvalue weighted by molar-refractivity contribution is 0.103. The maximum absolute atomic E-state index is 14.2. The van der Waals surface area contributed by atoms with Gasteiger partial charge in [0.05, 0.1) is 12.0 Å². The molecule has 2 aromatic carbocycles. The third-order valence-corrected chi connectivity index (χ3v) is 5.39. The van der Waals surface area contributed by atoms with Crippen LogP contribution in [0.1, 0.15) is 9.67 Å². The molecule has 0 spiro atoms. The van der Waals surface area contributed by atoms with E-state index in [1.807, 2.05) is 0 Å². The van der Waals surface area contributed by atoms with E-state index in [1.165, 1.54) is 17.4 Å². The molecule has 0 saturated heterocycles. The smallest absolute Gasteiger partial charge is 0.265 e. The lowest BCUT2D eigenvalue weighted by Gasteiger charge is -2.05. The molecule has 4 rings (SSSR count). The van der Waals surface area contributed by atoms with Crippen LogP contribution in [0.2, 0.25) is 0 Å². The van der Waals surface area contributed by atoms with Gasteiger partial charge in [0, 0.05) is 29.8 Å². The zero-order chi connectivity index (χ0) is 19.0. The van der Waals surface area contributed by atoms with Gasteiger partial charge >= 0.3 is 0 Å². The molecule has 2 aromatic heterocycles. The number of nitrogens with one attached hydrogen (secondary N) is 1. The molecular formula is C20H16FN3O2S. The highest BCUT2D eigenvalue weighted by Gasteiger charge is 2.19. The number of hydrogen-bond donors (Lipinski definition) is 1. The predicted octanol–water partition coefficient (Wildman–Crippen LogP) is 4.70.